The molecule has 1 aromatic heterocycles. The molecule has 0 aliphatic heterocycles. The molecule has 0 fully saturated rings. The van der Waals surface area contributed by atoms with Gasteiger partial charge in [0, 0.05) is 17.1 Å². The summed E-state index contributed by atoms with van der Waals surface area (Å²) in [6.45, 7) is 2.93. The van der Waals surface area contributed by atoms with E-state index in [0.29, 0.717) is 11.6 Å². The van der Waals surface area contributed by atoms with E-state index in [2.05, 4.69) is 51.4 Å². The molecule has 6 nitrogen and oxygen atoms in total. The fourth-order valence-corrected chi connectivity index (χ4v) is 2.66. The van der Waals surface area contributed by atoms with E-state index >= 15 is 0 Å². The van der Waals surface area contributed by atoms with Gasteiger partial charge in [-0.1, -0.05) is 47.5 Å². The van der Waals surface area contributed by atoms with Crippen LogP contribution in [0, 0.1) is 6.92 Å². The largest absolute Gasteiger partial charge is 0.453 e. The Hall–Kier alpha value is -2.86. The molecule has 26 heavy (non-hydrogen) atoms. The molecule has 0 saturated carbocycles. The lowest BCUT2D eigenvalue weighted by molar-refractivity contribution is 0.170. The smallest absolute Gasteiger partial charge is 0.407 e. The molecule has 0 aliphatic carbocycles. The molecule has 0 bridgehead atoms. The summed E-state index contributed by atoms with van der Waals surface area (Å²) in [4.78, 5) is 12.9. The van der Waals surface area contributed by atoms with Gasteiger partial charge in [0.1, 0.15) is 5.69 Å². The number of alkyl carbamates (subject to hydrolysis) is 1. The molecule has 3 aromatic rings. The Balaban J connectivity index is 1.76. The van der Waals surface area contributed by atoms with E-state index in [0.717, 1.165) is 22.4 Å². The number of aromatic nitrogens is 3. The van der Waals surface area contributed by atoms with Crippen LogP contribution in [-0.2, 0) is 17.8 Å². The van der Waals surface area contributed by atoms with Crippen LogP contribution in [0.2, 0.25) is 5.02 Å². The first-order chi connectivity index (χ1) is 12.5. The Morgan fingerprint density at radius 3 is 2.73 bits per heavy atom. The SMILES string of the molecule is COC(=O)NCc1cc(-c2cnn(Cc3ccc(C)cc3)n2)ccc1Cl. The Bertz CT molecular complexity index is 906. The number of carbonyl (C=O) groups excluding carboxylic acids is 1. The van der Waals surface area contributed by atoms with Crippen molar-refractivity contribution in [3.8, 4) is 11.3 Å². The van der Waals surface area contributed by atoms with Crippen molar-refractivity contribution in [3.05, 3.63) is 70.4 Å². The third kappa shape index (κ3) is 4.40. The topological polar surface area (TPSA) is 69.0 Å². The van der Waals surface area contributed by atoms with Crippen LogP contribution in [0.15, 0.2) is 48.7 Å². The second-order valence-electron chi connectivity index (χ2n) is 5.90. The number of ether oxygens (including phenoxy) is 1. The number of amides is 1. The molecule has 7 heteroatoms. The fourth-order valence-electron chi connectivity index (χ4n) is 2.47. The summed E-state index contributed by atoms with van der Waals surface area (Å²) in [5, 5.41) is 12.1. The van der Waals surface area contributed by atoms with Crippen molar-refractivity contribution < 1.29 is 9.53 Å². The fraction of sp³-hybridized carbons (Fsp3) is 0.211. The van der Waals surface area contributed by atoms with Gasteiger partial charge >= 0.3 is 6.09 Å². The monoisotopic (exact) mass is 370 g/mol. The van der Waals surface area contributed by atoms with E-state index in [1.54, 1.807) is 17.1 Å². The van der Waals surface area contributed by atoms with Gasteiger partial charge in [0.25, 0.3) is 0 Å². The first-order valence-electron chi connectivity index (χ1n) is 8.11. The lowest BCUT2D eigenvalue weighted by atomic mass is 10.1. The van der Waals surface area contributed by atoms with Crippen molar-refractivity contribution >= 4 is 17.7 Å². The normalized spacial score (nSPS) is 10.6. The van der Waals surface area contributed by atoms with Gasteiger partial charge in [0.05, 0.1) is 19.9 Å². The lowest BCUT2D eigenvalue weighted by Gasteiger charge is -2.07. The Kier molecular flexibility index (Phi) is 5.53. The van der Waals surface area contributed by atoms with Gasteiger partial charge in [-0.05, 0) is 30.2 Å². The molecule has 0 atom stereocenters. The second-order valence-corrected chi connectivity index (χ2v) is 6.30. The maximum Gasteiger partial charge on any atom is 0.407 e. The summed E-state index contributed by atoms with van der Waals surface area (Å²) in [5.41, 5.74) is 4.76. The number of aryl methyl sites for hydroxylation is 1. The number of methoxy groups -OCH3 is 1. The van der Waals surface area contributed by atoms with Gasteiger partial charge in [0.15, 0.2) is 0 Å². The maximum atomic E-state index is 11.2. The van der Waals surface area contributed by atoms with Crippen LogP contribution < -0.4 is 5.32 Å². The highest BCUT2D eigenvalue weighted by Gasteiger charge is 2.09. The highest BCUT2D eigenvalue weighted by atomic mass is 35.5. The second kappa shape index (κ2) is 8.01. The highest BCUT2D eigenvalue weighted by Crippen LogP contribution is 2.24. The van der Waals surface area contributed by atoms with Gasteiger partial charge < -0.3 is 10.1 Å². The molecule has 0 spiro atoms. The third-order valence-electron chi connectivity index (χ3n) is 3.93. The number of benzene rings is 2. The van der Waals surface area contributed by atoms with Crippen molar-refractivity contribution in [1.82, 2.24) is 20.3 Å². The summed E-state index contributed by atoms with van der Waals surface area (Å²) in [6, 6.07) is 13.8. The molecule has 3 rings (SSSR count). The molecule has 1 N–H and O–H groups in total. The van der Waals surface area contributed by atoms with Crippen molar-refractivity contribution in [2.24, 2.45) is 0 Å². The molecule has 134 valence electrons. The number of hydrogen-bond acceptors (Lipinski definition) is 4. The number of rotatable bonds is 5. The molecule has 0 aliphatic rings. The maximum absolute atomic E-state index is 11.2. The Labute approximate surface area is 156 Å². The van der Waals surface area contributed by atoms with E-state index in [-0.39, 0.29) is 6.54 Å². The third-order valence-corrected chi connectivity index (χ3v) is 4.30. The summed E-state index contributed by atoms with van der Waals surface area (Å²) < 4.78 is 4.58. The number of nitrogens with zero attached hydrogens (tertiary/aromatic N) is 3. The van der Waals surface area contributed by atoms with Crippen LogP contribution in [0.5, 0.6) is 0 Å². The molecule has 1 heterocycles. The number of nitrogens with one attached hydrogen (secondary N) is 1. The van der Waals surface area contributed by atoms with Crippen molar-refractivity contribution in [2.45, 2.75) is 20.0 Å². The van der Waals surface area contributed by atoms with Crippen molar-refractivity contribution in [3.63, 3.8) is 0 Å². The quantitative estimate of drug-likeness (QED) is 0.741. The lowest BCUT2D eigenvalue weighted by Crippen LogP contribution is -2.22. The van der Waals surface area contributed by atoms with Gasteiger partial charge in [-0.15, -0.1) is 0 Å². The summed E-state index contributed by atoms with van der Waals surface area (Å²) in [6.07, 6.45) is 1.21. The van der Waals surface area contributed by atoms with Gasteiger partial charge in [-0.2, -0.15) is 15.0 Å². The minimum absolute atomic E-state index is 0.275. The Morgan fingerprint density at radius 2 is 2.00 bits per heavy atom. The highest BCUT2D eigenvalue weighted by molar-refractivity contribution is 6.31. The van der Waals surface area contributed by atoms with Crippen LogP contribution in [0.1, 0.15) is 16.7 Å². The molecular weight excluding hydrogens is 352 g/mol. The van der Waals surface area contributed by atoms with E-state index in [4.69, 9.17) is 11.6 Å². The summed E-state index contributed by atoms with van der Waals surface area (Å²) in [7, 11) is 1.32. The van der Waals surface area contributed by atoms with Gasteiger partial charge in [-0.3, -0.25) is 0 Å². The van der Waals surface area contributed by atoms with Crippen molar-refractivity contribution in [1.29, 1.82) is 0 Å². The minimum Gasteiger partial charge on any atom is -0.453 e. The molecule has 0 radical (unpaired) electrons. The molecule has 0 unspecified atom stereocenters. The zero-order valence-corrected chi connectivity index (χ0v) is 15.3. The minimum atomic E-state index is -0.504. The van der Waals surface area contributed by atoms with E-state index in [1.165, 1.54) is 12.7 Å². The number of halogens is 1. The van der Waals surface area contributed by atoms with Crippen LogP contribution in [0.3, 0.4) is 0 Å². The van der Waals surface area contributed by atoms with E-state index in [9.17, 15) is 4.79 Å². The zero-order valence-electron chi connectivity index (χ0n) is 14.6. The summed E-state index contributed by atoms with van der Waals surface area (Å²) >= 11 is 6.20. The average Bonchev–Trinajstić information content (AvgIpc) is 3.11. The predicted molar refractivity (Wildman–Crippen MR) is 100.0 cm³/mol. The van der Waals surface area contributed by atoms with Crippen LogP contribution in [-0.4, -0.2) is 28.2 Å². The summed E-state index contributed by atoms with van der Waals surface area (Å²) in [5.74, 6) is 0. The molecule has 1 amide bonds. The molecular formula is C19H19ClN4O2. The van der Waals surface area contributed by atoms with Crippen LogP contribution in [0.25, 0.3) is 11.3 Å². The van der Waals surface area contributed by atoms with Crippen molar-refractivity contribution in [2.75, 3.05) is 7.11 Å². The van der Waals surface area contributed by atoms with E-state index in [1.807, 2.05) is 12.1 Å². The number of hydrogen-bond donors (Lipinski definition) is 1. The van der Waals surface area contributed by atoms with Crippen LogP contribution in [0.4, 0.5) is 4.79 Å². The van der Waals surface area contributed by atoms with Gasteiger partial charge in [0.2, 0.25) is 0 Å². The predicted octanol–water partition coefficient (Wildman–Crippen LogP) is 3.81. The Morgan fingerprint density at radius 1 is 1.23 bits per heavy atom. The first-order valence-corrected chi connectivity index (χ1v) is 8.49. The standard InChI is InChI=1S/C19H19ClN4O2/c1-13-3-5-14(6-4-13)12-24-22-11-18(23-24)15-7-8-17(20)16(9-15)10-21-19(25)26-2/h3-9,11H,10,12H2,1-2H3,(H,21,25). The first kappa shape index (κ1) is 17.9. The van der Waals surface area contributed by atoms with Crippen LogP contribution >= 0.6 is 11.6 Å². The zero-order chi connectivity index (χ0) is 18.5. The molecule has 0 saturated heterocycles. The average molecular weight is 371 g/mol. The number of carbonyl (C=O) groups is 1. The van der Waals surface area contributed by atoms with E-state index < -0.39 is 6.09 Å². The van der Waals surface area contributed by atoms with Gasteiger partial charge in [-0.25, -0.2) is 4.79 Å². The molecule has 2 aromatic carbocycles.